The second-order valence-corrected chi connectivity index (χ2v) is 9.59. The largest absolute Gasteiger partial charge is 0.496 e. The fraction of sp³-hybridized carbons (Fsp3) is 0.292. The molecule has 0 unspecified atom stereocenters. The Labute approximate surface area is 221 Å². The first-order valence-corrected chi connectivity index (χ1v) is 12.3. The zero-order valence-electron chi connectivity index (χ0n) is 19.1. The van der Waals surface area contributed by atoms with E-state index >= 15 is 0 Å². The van der Waals surface area contributed by atoms with Gasteiger partial charge in [0.05, 0.1) is 22.1 Å². The van der Waals surface area contributed by atoms with Crippen molar-refractivity contribution in [3.05, 3.63) is 58.1 Å². The number of hydrogen-bond acceptors (Lipinski definition) is 7. The lowest BCUT2D eigenvalue weighted by atomic mass is 10.1. The lowest BCUT2D eigenvalue weighted by Crippen LogP contribution is -2.55. The molecular weight excluding hydrogens is 531 g/mol. The lowest BCUT2D eigenvalue weighted by Gasteiger charge is -2.35. The molecule has 1 aliphatic heterocycles. The fourth-order valence-electron chi connectivity index (χ4n) is 3.45. The topological polar surface area (TPSA) is 128 Å². The fourth-order valence-corrected chi connectivity index (χ4v) is 4.98. The zero-order chi connectivity index (χ0) is 26.4. The molecule has 12 heteroatoms. The van der Waals surface area contributed by atoms with E-state index in [4.69, 9.17) is 33.0 Å². The molecule has 1 heterocycles. The highest BCUT2D eigenvalue weighted by molar-refractivity contribution is 7.99. The van der Waals surface area contributed by atoms with Gasteiger partial charge in [-0.15, -0.1) is 0 Å². The summed E-state index contributed by atoms with van der Waals surface area (Å²) < 4.78 is 5.37. The number of rotatable bonds is 8. The average molecular weight is 555 g/mol. The minimum absolute atomic E-state index is 0.0866. The van der Waals surface area contributed by atoms with E-state index in [1.165, 1.54) is 27.6 Å². The van der Waals surface area contributed by atoms with E-state index < -0.39 is 24.1 Å². The number of carbonyl (C=O) groups is 3. The Bertz CT molecular complexity index is 1170. The van der Waals surface area contributed by atoms with Gasteiger partial charge >= 0.3 is 5.97 Å². The van der Waals surface area contributed by atoms with Crippen molar-refractivity contribution in [2.75, 3.05) is 33.3 Å². The Morgan fingerprint density at radius 2 is 1.58 bits per heavy atom. The number of halogens is 2. The molecule has 1 aliphatic rings. The Morgan fingerprint density at radius 1 is 0.944 bits per heavy atom. The van der Waals surface area contributed by atoms with Crippen LogP contribution in [0.2, 0.25) is 10.0 Å². The van der Waals surface area contributed by atoms with Gasteiger partial charge in [0.1, 0.15) is 5.75 Å². The highest BCUT2D eigenvalue weighted by Gasteiger charge is 2.34. The third-order valence-electron chi connectivity index (χ3n) is 5.48. The monoisotopic (exact) mass is 554 g/mol. The molecule has 9 nitrogen and oxygen atoms in total. The smallest absolute Gasteiger partial charge is 0.335 e. The summed E-state index contributed by atoms with van der Waals surface area (Å²) in [5, 5.41) is 28.5. The first-order chi connectivity index (χ1) is 17.1. The van der Waals surface area contributed by atoms with Gasteiger partial charge in [-0.05, 0) is 29.8 Å². The minimum atomic E-state index is -2.21. The number of carboxylic acid groups (broad SMARTS) is 1. The van der Waals surface area contributed by atoms with Gasteiger partial charge < -0.3 is 29.9 Å². The first-order valence-electron chi connectivity index (χ1n) is 10.8. The maximum Gasteiger partial charge on any atom is 0.335 e. The summed E-state index contributed by atoms with van der Waals surface area (Å²) in [4.78, 5) is 39.9. The Balaban J connectivity index is 1.61. The van der Waals surface area contributed by atoms with E-state index in [2.05, 4.69) is 0 Å². The van der Waals surface area contributed by atoms with Gasteiger partial charge in [-0.1, -0.05) is 53.2 Å². The van der Waals surface area contributed by atoms with Crippen LogP contribution >= 0.6 is 35.0 Å². The number of benzene rings is 2. The van der Waals surface area contributed by atoms with Gasteiger partial charge in [0.15, 0.2) is 12.2 Å². The van der Waals surface area contributed by atoms with Crippen LogP contribution in [0.15, 0.2) is 52.3 Å². The summed E-state index contributed by atoms with van der Waals surface area (Å²) in [6.45, 7) is 0.522. The molecule has 0 radical (unpaired) electrons. The summed E-state index contributed by atoms with van der Waals surface area (Å²) in [6.07, 6.45) is -1.37. The van der Waals surface area contributed by atoms with Crippen LogP contribution in [0.3, 0.4) is 0 Å². The molecule has 3 N–H and O–H groups in total. The summed E-state index contributed by atoms with van der Waals surface area (Å²) in [7, 11) is 1.59. The van der Waals surface area contributed by atoms with Crippen molar-refractivity contribution in [2.24, 2.45) is 0 Å². The number of methoxy groups -OCH3 is 1. The number of nitrogens with zero attached hydrogens (tertiary/aromatic N) is 2. The molecule has 3 rings (SSSR count). The number of aliphatic hydroxyl groups is 2. The Hall–Kier alpha value is -2.76. The van der Waals surface area contributed by atoms with E-state index in [-0.39, 0.29) is 32.1 Å². The van der Waals surface area contributed by atoms with Crippen LogP contribution in [0, 0.1) is 0 Å². The molecule has 0 spiro atoms. The second-order valence-electron chi connectivity index (χ2n) is 7.75. The van der Waals surface area contributed by atoms with Crippen LogP contribution in [-0.4, -0.2) is 88.4 Å². The van der Waals surface area contributed by atoms with Crippen molar-refractivity contribution in [3.8, 4) is 5.75 Å². The summed E-state index contributed by atoms with van der Waals surface area (Å²) in [5.74, 6) is -2.20. The van der Waals surface area contributed by atoms with Crippen LogP contribution in [-0.2, 0) is 14.4 Å². The highest BCUT2D eigenvalue weighted by atomic mass is 35.5. The predicted octanol–water partition coefficient (Wildman–Crippen LogP) is 2.64. The van der Waals surface area contributed by atoms with Crippen molar-refractivity contribution in [2.45, 2.75) is 22.0 Å². The van der Waals surface area contributed by atoms with Crippen molar-refractivity contribution < 1.29 is 34.4 Å². The third-order valence-corrected chi connectivity index (χ3v) is 7.61. The number of carbonyl (C=O) groups excluding carboxylic acids is 2. The number of hydrogen-bond donors (Lipinski definition) is 3. The number of para-hydroxylation sites is 1. The van der Waals surface area contributed by atoms with Crippen LogP contribution in [0.25, 0.3) is 6.08 Å². The highest BCUT2D eigenvalue weighted by Crippen LogP contribution is 2.42. The minimum Gasteiger partial charge on any atom is -0.496 e. The van der Waals surface area contributed by atoms with Crippen molar-refractivity contribution in [3.63, 3.8) is 0 Å². The molecule has 1 saturated heterocycles. The first kappa shape index (κ1) is 27.8. The van der Waals surface area contributed by atoms with Crippen molar-refractivity contribution >= 4 is 58.8 Å². The molecule has 2 amide bonds. The Kier molecular flexibility index (Phi) is 9.63. The number of aliphatic hydroxyl groups excluding tert-OH is 2. The number of carboxylic acids is 1. The number of ether oxygens (including phenoxy) is 1. The van der Waals surface area contributed by atoms with Gasteiger partial charge in [-0.2, -0.15) is 0 Å². The standard InChI is InChI=1S/C24H24Cl2N2O7S/c1-35-15-4-2-3-5-16(15)36-17-8-6-14(19(25)20(17)26)7-9-18(29)27-10-12-28(13-11-27)23(32)21(30)22(31)24(33)34/h2-9,21-22,30-31H,10-13H2,1H3,(H,33,34)/b9-7+/t21-,22+/m1/s1. The van der Waals surface area contributed by atoms with Gasteiger partial charge in [0.25, 0.3) is 5.91 Å². The maximum absolute atomic E-state index is 12.6. The van der Waals surface area contributed by atoms with E-state index in [1.54, 1.807) is 25.3 Å². The van der Waals surface area contributed by atoms with Gasteiger partial charge in [0.2, 0.25) is 5.91 Å². The summed E-state index contributed by atoms with van der Waals surface area (Å²) in [6, 6.07) is 11.1. The molecule has 2 atom stereocenters. The van der Waals surface area contributed by atoms with E-state index in [1.807, 2.05) is 24.3 Å². The molecule has 0 aliphatic carbocycles. The number of piperazine rings is 1. The number of aliphatic carboxylic acids is 1. The summed E-state index contributed by atoms with van der Waals surface area (Å²) in [5.41, 5.74) is 0.555. The number of amides is 2. The van der Waals surface area contributed by atoms with Gasteiger partial charge in [-0.3, -0.25) is 9.59 Å². The van der Waals surface area contributed by atoms with E-state index in [0.29, 0.717) is 21.4 Å². The SMILES string of the molecule is COc1ccccc1Sc1ccc(/C=C/C(=O)N2CCN(C(=O)[C@H](O)[C@H](O)C(=O)O)CC2)c(Cl)c1Cl. The quantitative estimate of drug-likeness (QED) is 0.425. The molecule has 1 fully saturated rings. The zero-order valence-corrected chi connectivity index (χ0v) is 21.5. The van der Waals surface area contributed by atoms with E-state index in [9.17, 15) is 24.6 Å². The lowest BCUT2D eigenvalue weighted by molar-refractivity contribution is -0.163. The normalized spacial score (nSPS) is 15.6. The second kappa shape index (κ2) is 12.5. The molecular formula is C24H24Cl2N2O7S. The Morgan fingerprint density at radius 3 is 2.22 bits per heavy atom. The summed E-state index contributed by atoms with van der Waals surface area (Å²) >= 11 is 14.3. The van der Waals surface area contributed by atoms with Crippen molar-refractivity contribution in [1.82, 2.24) is 9.80 Å². The molecule has 0 bridgehead atoms. The molecule has 192 valence electrons. The molecule has 2 aromatic carbocycles. The van der Waals surface area contributed by atoms with E-state index in [0.717, 1.165) is 9.79 Å². The molecule has 2 aromatic rings. The molecule has 0 saturated carbocycles. The van der Waals surface area contributed by atoms with Crippen LogP contribution in [0.5, 0.6) is 5.75 Å². The van der Waals surface area contributed by atoms with Gasteiger partial charge in [-0.25, -0.2) is 4.79 Å². The predicted molar refractivity (Wildman–Crippen MR) is 135 cm³/mol. The molecule has 0 aromatic heterocycles. The van der Waals surface area contributed by atoms with Gasteiger partial charge in [0, 0.05) is 37.2 Å². The van der Waals surface area contributed by atoms with Crippen LogP contribution < -0.4 is 4.74 Å². The maximum atomic E-state index is 12.6. The van der Waals surface area contributed by atoms with Crippen molar-refractivity contribution in [1.29, 1.82) is 0 Å². The molecule has 36 heavy (non-hydrogen) atoms. The van der Waals surface area contributed by atoms with Crippen LogP contribution in [0.4, 0.5) is 0 Å². The van der Waals surface area contributed by atoms with Crippen LogP contribution in [0.1, 0.15) is 5.56 Å². The third kappa shape index (κ3) is 6.51. The average Bonchev–Trinajstić information content (AvgIpc) is 2.89.